The second-order valence-electron chi connectivity index (χ2n) is 6.19. The number of hydrogen-bond acceptors (Lipinski definition) is 3. The third kappa shape index (κ3) is 4.07. The van der Waals surface area contributed by atoms with Crippen LogP contribution in [0.2, 0.25) is 0 Å². The zero-order chi connectivity index (χ0) is 14.1. The highest BCUT2D eigenvalue weighted by atomic mass is 19.4. The van der Waals surface area contributed by atoms with Crippen LogP contribution in [0, 0.1) is 5.92 Å². The van der Waals surface area contributed by atoms with Gasteiger partial charge in [0.25, 0.3) is 0 Å². The standard InChI is InChI=1S/C13H23F3N2O/c1-12(2)7-11(3-6-19-12)18-5-4-17-8-10(9-18)13(14,15)16/h10-11,17H,3-9H2,1-2H3. The lowest BCUT2D eigenvalue weighted by Gasteiger charge is -2.41. The summed E-state index contributed by atoms with van der Waals surface area (Å²) in [4.78, 5) is 2.00. The SMILES string of the molecule is CC1(C)CC(N2CCNCC(C(F)(F)F)C2)CCO1. The molecular formula is C13H23F3N2O. The van der Waals surface area contributed by atoms with Crippen molar-refractivity contribution >= 4 is 0 Å². The summed E-state index contributed by atoms with van der Waals surface area (Å²) in [5.41, 5.74) is -0.226. The smallest absolute Gasteiger partial charge is 0.375 e. The molecule has 1 N–H and O–H groups in total. The average Bonchev–Trinajstić information content (AvgIpc) is 2.52. The van der Waals surface area contributed by atoms with E-state index >= 15 is 0 Å². The summed E-state index contributed by atoms with van der Waals surface area (Å²) in [5, 5.41) is 2.90. The minimum atomic E-state index is -4.11. The molecule has 112 valence electrons. The van der Waals surface area contributed by atoms with E-state index < -0.39 is 12.1 Å². The number of hydrogen-bond donors (Lipinski definition) is 1. The van der Waals surface area contributed by atoms with Gasteiger partial charge in [0.1, 0.15) is 0 Å². The minimum absolute atomic E-state index is 0.0343. The van der Waals surface area contributed by atoms with Crippen LogP contribution in [0.25, 0.3) is 0 Å². The summed E-state index contributed by atoms with van der Waals surface area (Å²) in [5.74, 6) is -1.26. The van der Waals surface area contributed by atoms with Gasteiger partial charge in [-0.15, -0.1) is 0 Å². The van der Waals surface area contributed by atoms with Gasteiger partial charge in [-0.05, 0) is 26.7 Å². The van der Waals surface area contributed by atoms with Crippen LogP contribution < -0.4 is 5.32 Å². The Labute approximate surface area is 112 Å². The molecule has 2 rings (SSSR count). The van der Waals surface area contributed by atoms with Crippen molar-refractivity contribution in [1.29, 1.82) is 0 Å². The van der Waals surface area contributed by atoms with Gasteiger partial charge >= 0.3 is 6.18 Å². The zero-order valence-electron chi connectivity index (χ0n) is 11.6. The number of nitrogens with one attached hydrogen (secondary N) is 1. The third-order valence-corrected chi connectivity index (χ3v) is 4.07. The molecule has 3 nitrogen and oxygen atoms in total. The van der Waals surface area contributed by atoms with Gasteiger partial charge in [-0.3, -0.25) is 4.90 Å². The van der Waals surface area contributed by atoms with Crippen molar-refractivity contribution in [3.05, 3.63) is 0 Å². The number of nitrogens with zero attached hydrogens (tertiary/aromatic N) is 1. The highest BCUT2D eigenvalue weighted by Crippen LogP contribution is 2.31. The van der Waals surface area contributed by atoms with Crippen molar-refractivity contribution in [3.8, 4) is 0 Å². The molecule has 0 spiro atoms. The molecule has 0 aliphatic carbocycles. The van der Waals surface area contributed by atoms with E-state index in [1.54, 1.807) is 0 Å². The van der Waals surface area contributed by atoms with Crippen LogP contribution >= 0.6 is 0 Å². The van der Waals surface area contributed by atoms with Gasteiger partial charge in [0.2, 0.25) is 0 Å². The van der Waals surface area contributed by atoms with Gasteiger partial charge in [-0.25, -0.2) is 0 Å². The first-order chi connectivity index (χ1) is 8.78. The maximum absolute atomic E-state index is 12.9. The number of rotatable bonds is 1. The van der Waals surface area contributed by atoms with Crippen LogP contribution in [0.4, 0.5) is 13.2 Å². The molecule has 2 heterocycles. The number of halogens is 3. The fourth-order valence-corrected chi connectivity index (χ4v) is 3.00. The molecule has 19 heavy (non-hydrogen) atoms. The average molecular weight is 280 g/mol. The van der Waals surface area contributed by atoms with Crippen LogP contribution in [0.1, 0.15) is 26.7 Å². The largest absolute Gasteiger partial charge is 0.394 e. The first kappa shape index (κ1) is 15.1. The van der Waals surface area contributed by atoms with E-state index in [4.69, 9.17) is 4.74 Å². The normalized spacial score (nSPS) is 33.9. The van der Waals surface area contributed by atoms with E-state index in [1.807, 2.05) is 18.7 Å². The Morgan fingerprint density at radius 3 is 2.68 bits per heavy atom. The number of alkyl halides is 3. The third-order valence-electron chi connectivity index (χ3n) is 4.07. The second kappa shape index (κ2) is 5.58. The molecule has 0 aromatic heterocycles. The van der Waals surface area contributed by atoms with Gasteiger partial charge in [0, 0.05) is 38.8 Å². The lowest BCUT2D eigenvalue weighted by molar-refractivity contribution is -0.179. The molecular weight excluding hydrogens is 257 g/mol. The lowest BCUT2D eigenvalue weighted by atomic mass is 9.92. The van der Waals surface area contributed by atoms with Gasteiger partial charge < -0.3 is 10.1 Å². The van der Waals surface area contributed by atoms with Gasteiger partial charge in [0.05, 0.1) is 11.5 Å². The predicted octanol–water partition coefficient (Wildman–Crippen LogP) is 2.03. The molecule has 2 saturated heterocycles. The molecule has 2 atom stereocenters. The monoisotopic (exact) mass is 280 g/mol. The Morgan fingerprint density at radius 2 is 2.05 bits per heavy atom. The first-order valence-corrected chi connectivity index (χ1v) is 6.93. The summed E-state index contributed by atoms with van der Waals surface area (Å²) in [6.07, 6.45) is -2.48. The molecule has 2 unspecified atom stereocenters. The van der Waals surface area contributed by atoms with E-state index in [0.29, 0.717) is 19.7 Å². The van der Waals surface area contributed by atoms with Crippen molar-refractivity contribution < 1.29 is 17.9 Å². The maximum Gasteiger partial charge on any atom is 0.394 e. The predicted molar refractivity (Wildman–Crippen MR) is 67.0 cm³/mol. The quantitative estimate of drug-likeness (QED) is 0.795. The molecule has 0 saturated carbocycles. The highest BCUT2D eigenvalue weighted by molar-refractivity contribution is 4.88. The number of ether oxygens (including phenoxy) is 1. The summed E-state index contributed by atoms with van der Waals surface area (Å²) >= 11 is 0. The van der Waals surface area contributed by atoms with Gasteiger partial charge in [0.15, 0.2) is 0 Å². The molecule has 2 aliphatic rings. The van der Waals surface area contributed by atoms with E-state index in [0.717, 1.165) is 12.8 Å². The Balaban J connectivity index is 2.02. The summed E-state index contributed by atoms with van der Waals surface area (Å²) in [6, 6.07) is 0.202. The van der Waals surface area contributed by atoms with Crippen molar-refractivity contribution in [2.45, 2.75) is 44.5 Å². The Kier molecular flexibility index (Phi) is 4.42. The van der Waals surface area contributed by atoms with Gasteiger partial charge in [-0.1, -0.05) is 0 Å². The van der Waals surface area contributed by atoms with Crippen LogP contribution in [-0.2, 0) is 4.74 Å². The van der Waals surface area contributed by atoms with Gasteiger partial charge in [-0.2, -0.15) is 13.2 Å². The Bertz CT molecular complexity index is 307. The summed E-state index contributed by atoms with van der Waals surface area (Å²) < 4.78 is 44.4. The molecule has 2 aliphatic heterocycles. The van der Waals surface area contributed by atoms with E-state index in [9.17, 15) is 13.2 Å². The maximum atomic E-state index is 12.9. The Morgan fingerprint density at radius 1 is 1.32 bits per heavy atom. The van der Waals surface area contributed by atoms with Crippen LogP contribution in [0.5, 0.6) is 0 Å². The minimum Gasteiger partial charge on any atom is -0.375 e. The zero-order valence-corrected chi connectivity index (χ0v) is 11.6. The van der Waals surface area contributed by atoms with Crippen LogP contribution in [-0.4, -0.2) is 55.5 Å². The fourth-order valence-electron chi connectivity index (χ4n) is 3.00. The first-order valence-electron chi connectivity index (χ1n) is 6.93. The van der Waals surface area contributed by atoms with E-state index in [-0.39, 0.29) is 24.7 Å². The molecule has 0 aromatic carbocycles. The highest BCUT2D eigenvalue weighted by Gasteiger charge is 2.43. The topological polar surface area (TPSA) is 24.5 Å². The summed E-state index contributed by atoms with van der Waals surface area (Å²) in [7, 11) is 0. The lowest BCUT2D eigenvalue weighted by Crippen LogP contribution is -2.49. The molecule has 0 bridgehead atoms. The van der Waals surface area contributed by atoms with Crippen molar-refractivity contribution in [3.63, 3.8) is 0 Å². The van der Waals surface area contributed by atoms with Crippen molar-refractivity contribution in [1.82, 2.24) is 10.2 Å². The molecule has 0 aromatic rings. The fraction of sp³-hybridized carbons (Fsp3) is 1.00. The summed E-state index contributed by atoms with van der Waals surface area (Å²) in [6.45, 7) is 6.12. The van der Waals surface area contributed by atoms with Crippen LogP contribution in [0.3, 0.4) is 0 Å². The van der Waals surface area contributed by atoms with Crippen LogP contribution in [0.15, 0.2) is 0 Å². The molecule has 0 amide bonds. The second-order valence-corrected chi connectivity index (χ2v) is 6.19. The van der Waals surface area contributed by atoms with E-state index in [1.165, 1.54) is 0 Å². The molecule has 6 heteroatoms. The Hall–Kier alpha value is -0.330. The van der Waals surface area contributed by atoms with Crippen molar-refractivity contribution in [2.75, 3.05) is 32.8 Å². The molecule has 2 fully saturated rings. The van der Waals surface area contributed by atoms with Crippen molar-refractivity contribution in [2.24, 2.45) is 5.92 Å². The van der Waals surface area contributed by atoms with E-state index in [2.05, 4.69) is 5.32 Å². The molecule has 0 radical (unpaired) electrons.